The van der Waals surface area contributed by atoms with Crippen molar-refractivity contribution in [2.24, 2.45) is 0 Å². The number of hydrogen-bond donors (Lipinski definition) is 8. The van der Waals surface area contributed by atoms with Gasteiger partial charge in [-0.15, -0.1) is 0 Å². The Morgan fingerprint density at radius 1 is 0.526 bits per heavy atom. The van der Waals surface area contributed by atoms with Gasteiger partial charge in [0.05, 0.1) is 67.6 Å². The summed E-state index contributed by atoms with van der Waals surface area (Å²) in [6, 6.07) is 24.9. The Morgan fingerprint density at radius 3 is 1.09 bits per heavy atom. The number of carbonyl (C=O) groups excluding carboxylic acids is 5. The standard InChI is InChI=1S/C12H17Br2FN3O4P.C12H15FN3O4P.C9H11NO2.C8H8FNO3.C8H6FNO3.C7H3ClFNO3.C7H4FNO4.C5H8O4.C4H11Br2N2O2P.2Ag.B.Cl2OS.Na.O.H/c1-9(10-2-3-12(18(19)20)11(15)8-10)22-23(21,16-6-4-13)17-7-5-14;1-9(10-2-3-12(16(17)18)11(13)8-10)20-21(19,14-4-5-14)15-6-7-15;1-10(2)9(12)7-4-3-5-8(11)6-7;2*1-5(11)6-2-3-8(10(12)13)7(9)4-6;8-7(11)4-1-2-6(10(12)13)5(9)3-4;8-5-3-4(7(10)11)1-2-6(5)9(12)13;1-8-4(6)3-5(7)9-2;5-1-3-7-11(9,10)8-4-2-6;;;;1-4(2)3;;;/h2-3,8-9H,4-7H2,1H3,(H2,16,17,21);2-3,8-9H,4-7H2,1H3;3-6,11H,1-2H3;2-5,11H,1H3;2-4H,1H3;1-3H;1-3H,(H,10,11);3H2,1-2H3;1-4H2,(H3,7,8,9,10);;;;;;;/q;;;;;;;;;;;;;+1;;-1. The molecule has 137 heavy (non-hydrogen) atoms. The van der Waals surface area contributed by atoms with Crippen LogP contribution in [0.3, 0.4) is 0 Å². The predicted molar refractivity (Wildman–Crippen MR) is 493 cm³/mol. The third-order valence-corrected chi connectivity index (χ3v) is 23.1. The number of carboxylic acid groups (broad SMARTS) is 1. The normalized spacial score (nSPS) is 11.9. The van der Waals surface area contributed by atoms with Crippen LogP contribution in [0.5, 0.6) is 5.75 Å². The molecule has 0 aliphatic carbocycles. The number of carboxylic acids is 1. The molecule has 7 aromatic carbocycles. The number of carbonyl (C=O) groups is 6. The zero-order valence-corrected chi connectivity index (χ0v) is 89.4. The molecule has 2 heterocycles. The molecule has 761 valence electrons. The summed E-state index contributed by atoms with van der Waals surface area (Å²) in [6.45, 7) is 10.7. The second-order valence-corrected chi connectivity index (χ2v) is 37.3. The van der Waals surface area contributed by atoms with Crippen LogP contribution < -0.4 is 49.9 Å². The summed E-state index contributed by atoms with van der Waals surface area (Å²) in [5.74, 6) is -8.82. The number of nitrogens with zero attached hydrogens (tertiary/aromatic N) is 9. The Bertz CT molecular complexity index is 5150. The maximum atomic E-state index is 13.7. The average Bonchev–Trinajstić information content (AvgIpc) is 1.60. The van der Waals surface area contributed by atoms with Gasteiger partial charge in [0.25, 0.3) is 11.1 Å². The second kappa shape index (κ2) is 72.4. The van der Waals surface area contributed by atoms with E-state index in [4.69, 9.17) is 48.3 Å². The monoisotopic (exact) mass is 2530 g/mol. The molecule has 65 heteroatoms. The van der Waals surface area contributed by atoms with E-state index in [0.717, 1.165) is 105 Å². The van der Waals surface area contributed by atoms with E-state index in [9.17, 15) is 129 Å². The quantitative estimate of drug-likeness (QED) is 0.00162. The number of ether oxygens (including phenoxy) is 2. The molecule has 8 N–H and O–H groups in total. The number of esters is 2. The summed E-state index contributed by atoms with van der Waals surface area (Å²) in [7, 11) is 3.51. The van der Waals surface area contributed by atoms with E-state index >= 15 is 0 Å². The first kappa shape index (κ1) is 139. The number of hydrogen-bond acceptors (Lipinski definition) is 29. The van der Waals surface area contributed by atoms with E-state index in [1.165, 1.54) is 69.4 Å². The van der Waals surface area contributed by atoms with Gasteiger partial charge in [-0.2, -0.15) is 26.3 Å². The van der Waals surface area contributed by atoms with Gasteiger partial charge in [-0.3, -0.25) is 107 Å². The molecule has 2 aliphatic rings. The van der Waals surface area contributed by atoms with Gasteiger partial charge < -0.3 is 36.0 Å². The fraction of sp³-hybridized carbons (Fsp3) is 0.333. The summed E-state index contributed by atoms with van der Waals surface area (Å²) < 4.78 is 155. The third-order valence-electron chi connectivity index (χ3n) is 15.3. The van der Waals surface area contributed by atoms with Crippen LogP contribution in [0.1, 0.15) is 112 Å². The van der Waals surface area contributed by atoms with Gasteiger partial charge in [-0.1, -0.05) is 69.8 Å². The number of nitrogens with one attached hydrogen (secondary N) is 4. The fourth-order valence-electron chi connectivity index (χ4n) is 8.79. The molecule has 2 fully saturated rings. The fourth-order valence-corrected chi connectivity index (χ4v) is 15.9. The van der Waals surface area contributed by atoms with E-state index in [1.54, 1.807) is 70.5 Å². The number of methoxy groups -OCH3 is 2. The molecular weight excluding hydrogens is 2460 g/mol. The number of benzene rings is 7. The minimum absolute atomic E-state index is 0. The molecule has 0 saturated carbocycles. The molecule has 7 aromatic rings. The van der Waals surface area contributed by atoms with Gasteiger partial charge in [0, 0.05) is 193 Å². The van der Waals surface area contributed by atoms with E-state index in [-0.39, 0.29) is 102 Å². The molecule has 1 amide bonds. The molecule has 3 atom stereocenters. The van der Waals surface area contributed by atoms with Crippen molar-refractivity contribution >= 4 is 206 Å². The number of Topliss-reactive ketones (excluding diaryl/α,β-unsaturated/α-hetero) is 1. The van der Waals surface area contributed by atoms with Gasteiger partial charge in [0.15, 0.2) is 5.78 Å². The molecule has 0 spiro atoms. The number of aliphatic hydroxyl groups excluding tert-OH is 1. The van der Waals surface area contributed by atoms with Gasteiger partial charge in [-0.05, 0) is 147 Å². The first-order valence-corrected chi connectivity index (χ1v) is 49.5. The van der Waals surface area contributed by atoms with Crippen LogP contribution in [0.15, 0.2) is 133 Å². The number of alkyl halides is 4. The number of nitro groups is 6. The molecule has 0 aromatic heterocycles. The summed E-state index contributed by atoms with van der Waals surface area (Å²) in [6.07, 6.45) is -2.46. The Balaban J connectivity index is -0.000000356. The zero-order chi connectivity index (χ0) is 103. The van der Waals surface area contributed by atoms with Crippen LogP contribution in [0.4, 0.5) is 60.5 Å². The Hall–Kier alpha value is -6.88. The molecule has 9 rings (SSSR count). The molecule has 0 bridgehead atoms. The van der Waals surface area contributed by atoms with Crippen molar-refractivity contribution in [1.82, 2.24) is 34.6 Å². The Labute approximate surface area is 879 Å². The summed E-state index contributed by atoms with van der Waals surface area (Å²) >= 11 is 19.5. The number of amides is 1. The topological polar surface area (TPSA) is 622 Å². The van der Waals surface area contributed by atoms with Gasteiger partial charge in [0.2, 0.25) is 44.1 Å². The number of phenols is 1. The first-order chi connectivity index (χ1) is 62.5. The van der Waals surface area contributed by atoms with Crippen molar-refractivity contribution in [1.29, 1.82) is 0 Å². The average molecular weight is 2540 g/mol. The van der Waals surface area contributed by atoms with Crippen molar-refractivity contribution in [2.75, 3.05) is 102 Å². The van der Waals surface area contributed by atoms with Crippen molar-refractivity contribution in [2.45, 2.75) is 52.4 Å². The van der Waals surface area contributed by atoms with E-state index in [0.29, 0.717) is 75.8 Å². The predicted octanol–water partition coefficient (Wildman–Crippen LogP) is 13.2. The van der Waals surface area contributed by atoms with Gasteiger partial charge in [-0.25, -0.2) is 38.7 Å². The number of aromatic hydroxyl groups is 1. The molecular formula is C72H84Ag2BBr4Cl3F6N13NaO31P3S. The van der Waals surface area contributed by atoms with Gasteiger partial charge in [0.1, 0.15) is 12.2 Å². The molecule has 2 aliphatic heterocycles. The SMILES string of the molecule is CC(=O)c1ccc([N+](=O)[O-])c(F)c1.CC(O)c1ccc([N+](=O)[O-])c(F)c1.CC(OP(=O)(N1CC1)N1CC1)c1ccc([N+](=O)[O-])c(F)c1.CC(OP(=O)(NCCBr)NCCBr)c1ccc([N+](=O)[O-])c(F)c1.CN(C)C(=O)c1cccc(O)c1.COC(=O)CC(=O)OC.O=C(Cl)c1ccc([N+](=O)[O-])c(F)c1.O=C(O)c1ccc([N+](=O)[O-])c(F)c1.O=P(O)(NCCBr)NCCBr.O=S(Cl)Cl.[Ag].[B].[H-].[Na+].[O]=[Ag]. The summed E-state index contributed by atoms with van der Waals surface area (Å²) in [4.78, 5) is 131. The second-order valence-electron chi connectivity index (χ2n) is 25.2. The number of nitro benzene ring substituents is 6. The van der Waals surface area contributed by atoms with Crippen molar-refractivity contribution in [3.05, 3.63) is 268 Å². The van der Waals surface area contributed by atoms with Gasteiger partial charge >= 0.3 is 129 Å². The molecule has 4 radical (unpaired) electrons. The first-order valence-electron chi connectivity index (χ1n) is 36.4. The van der Waals surface area contributed by atoms with Crippen molar-refractivity contribution in [3.8, 4) is 5.75 Å². The van der Waals surface area contributed by atoms with E-state index in [1.807, 2.05) is 0 Å². The van der Waals surface area contributed by atoms with Crippen molar-refractivity contribution < 1.29 is 219 Å². The molecule has 3 unspecified atom stereocenters. The number of ketones is 1. The number of aromatic carboxylic acids is 1. The maximum absolute atomic E-state index is 13.7. The third kappa shape index (κ3) is 55.9. The summed E-state index contributed by atoms with van der Waals surface area (Å²) in [5, 5.41) is 101. The zero-order valence-electron chi connectivity index (χ0n) is 73.3. The number of aliphatic hydroxyl groups is 1. The molecule has 2 saturated heterocycles. The van der Waals surface area contributed by atoms with E-state index < -0.39 is 172 Å². The number of rotatable bonds is 33. The number of halogens is 13. The Morgan fingerprint density at radius 2 is 0.818 bits per heavy atom. The van der Waals surface area contributed by atoms with Crippen LogP contribution in [-0.2, 0) is 97.7 Å². The van der Waals surface area contributed by atoms with Crippen LogP contribution in [0, 0.1) is 95.6 Å². The Kier molecular flexibility index (Phi) is 73.2. The van der Waals surface area contributed by atoms with Crippen molar-refractivity contribution in [3.63, 3.8) is 0 Å². The van der Waals surface area contributed by atoms with Crippen LogP contribution in [-0.4, -0.2) is 213 Å². The van der Waals surface area contributed by atoms with Crippen LogP contribution in [0.2, 0.25) is 0 Å². The molecule has 44 nitrogen and oxygen atoms in total. The number of phenolic OH excluding ortho intramolecular Hbond substituents is 1. The van der Waals surface area contributed by atoms with Crippen LogP contribution >= 0.6 is 120 Å². The summed E-state index contributed by atoms with van der Waals surface area (Å²) in [5.41, 5.74) is -2.48. The van der Waals surface area contributed by atoms with Crippen LogP contribution in [0.25, 0.3) is 0 Å². The van der Waals surface area contributed by atoms with E-state index in [2.05, 4.69) is 115 Å². The minimum atomic E-state index is -3.34.